The quantitative estimate of drug-likeness (QED) is 0.899. The van der Waals surface area contributed by atoms with E-state index in [9.17, 15) is 8.78 Å². The highest BCUT2D eigenvalue weighted by Gasteiger charge is 2.19. The molecule has 0 radical (unpaired) electrons. The van der Waals surface area contributed by atoms with Crippen molar-refractivity contribution >= 4 is 0 Å². The van der Waals surface area contributed by atoms with Gasteiger partial charge >= 0.3 is 0 Å². The van der Waals surface area contributed by atoms with E-state index in [4.69, 9.17) is 0 Å². The number of hydrogen-bond donors (Lipinski definition) is 1. The third kappa shape index (κ3) is 2.71. The monoisotopic (exact) mass is 248 g/mol. The molecule has 0 aliphatic carbocycles. The van der Waals surface area contributed by atoms with E-state index in [2.05, 4.69) is 10.3 Å². The molecule has 2 aromatic rings. The second kappa shape index (κ2) is 5.69. The number of rotatable bonds is 4. The molecule has 0 saturated carbocycles. The Labute approximate surface area is 105 Å². The molecule has 1 heterocycles. The molecule has 1 aromatic heterocycles. The van der Waals surface area contributed by atoms with Gasteiger partial charge in [0.2, 0.25) is 0 Å². The van der Waals surface area contributed by atoms with Crippen molar-refractivity contribution in [2.75, 3.05) is 13.6 Å². The van der Waals surface area contributed by atoms with Crippen LogP contribution in [0.25, 0.3) is 0 Å². The molecule has 4 heteroatoms. The van der Waals surface area contributed by atoms with E-state index >= 15 is 0 Å². The first-order chi connectivity index (χ1) is 8.72. The van der Waals surface area contributed by atoms with Gasteiger partial charge in [0.15, 0.2) is 0 Å². The molecule has 1 aromatic carbocycles. The number of aromatic nitrogens is 1. The first-order valence-corrected chi connectivity index (χ1v) is 5.73. The van der Waals surface area contributed by atoms with Gasteiger partial charge in [-0.2, -0.15) is 0 Å². The molecular weight excluding hydrogens is 234 g/mol. The smallest absolute Gasteiger partial charge is 0.127 e. The Kier molecular flexibility index (Phi) is 3.99. The zero-order valence-corrected chi connectivity index (χ0v) is 10.0. The van der Waals surface area contributed by atoms with Crippen molar-refractivity contribution in [2.45, 2.75) is 5.92 Å². The molecule has 2 rings (SSSR count). The summed E-state index contributed by atoms with van der Waals surface area (Å²) < 4.78 is 27.1. The Balaban J connectivity index is 2.44. The average Bonchev–Trinajstić information content (AvgIpc) is 2.40. The van der Waals surface area contributed by atoms with Crippen LogP contribution >= 0.6 is 0 Å². The van der Waals surface area contributed by atoms with Crippen LogP contribution in [0, 0.1) is 11.6 Å². The molecule has 0 saturated heterocycles. The minimum absolute atomic E-state index is 0.299. The molecule has 0 spiro atoms. The summed E-state index contributed by atoms with van der Waals surface area (Å²) in [4.78, 5) is 4.22. The summed E-state index contributed by atoms with van der Waals surface area (Å²) in [6.45, 7) is 0.497. The second-order valence-corrected chi connectivity index (χ2v) is 4.03. The average molecular weight is 248 g/mol. The molecule has 1 N–H and O–H groups in total. The molecule has 1 atom stereocenters. The summed E-state index contributed by atoms with van der Waals surface area (Å²) in [5.74, 6) is -1.15. The largest absolute Gasteiger partial charge is 0.319 e. The van der Waals surface area contributed by atoms with Gasteiger partial charge in [0.05, 0.1) is 0 Å². The standard InChI is InChI=1S/C14H14F2N2/c1-17-9-12(14-4-2-3-7-18-14)11-8-10(15)5-6-13(11)16/h2-8,12,17H,9H2,1H3. The summed E-state index contributed by atoms with van der Waals surface area (Å²) in [7, 11) is 1.77. The molecular formula is C14H14F2N2. The zero-order valence-electron chi connectivity index (χ0n) is 10.0. The van der Waals surface area contributed by atoms with E-state index in [1.54, 1.807) is 19.3 Å². The summed E-state index contributed by atoms with van der Waals surface area (Å²) >= 11 is 0. The highest BCUT2D eigenvalue weighted by molar-refractivity contribution is 5.30. The van der Waals surface area contributed by atoms with Crippen molar-refractivity contribution in [1.82, 2.24) is 10.3 Å². The predicted molar refractivity (Wildman–Crippen MR) is 66.4 cm³/mol. The fourth-order valence-corrected chi connectivity index (χ4v) is 1.94. The second-order valence-electron chi connectivity index (χ2n) is 4.03. The van der Waals surface area contributed by atoms with Crippen LogP contribution in [0.3, 0.4) is 0 Å². The van der Waals surface area contributed by atoms with Gasteiger partial charge in [0.1, 0.15) is 11.6 Å². The minimum Gasteiger partial charge on any atom is -0.319 e. The SMILES string of the molecule is CNCC(c1ccccn1)c1cc(F)ccc1F. The fourth-order valence-electron chi connectivity index (χ4n) is 1.94. The Hall–Kier alpha value is -1.81. The molecule has 0 aliphatic heterocycles. The Morgan fingerprint density at radius 1 is 1.22 bits per heavy atom. The summed E-state index contributed by atoms with van der Waals surface area (Å²) in [6.07, 6.45) is 1.65. The normalized spacial score (nSPS) is 12.4. The Morgan fingerprint density at radius 3 is 2.72 bits per heavy atom. The van der Waals surface area contributed by atoms with Gasteiger partial charge in [0, 0.05) is 29.9 Å². The van der Waals surface area contributed by atoms with Crippen molar-refractivity contribution in [3.05, 3.63) is 65.5 Å². The number of pyridine rings is 1. The lowest BCUT2D eigenvalue weighted by atomic mass is 9.94. The lowest BCUT2D eigenvalue weighted by Gasteiger charge is -2.17. The number of likely N-dealkylation sites (N-methyl/N-ethyl adjacent to an activating group) is 1. The maximum Gasteiger partial charge on any atom is 0.127 e. The van der Waals surface area contributed by atoms with E-state index in [1.807, 2.05) is 12.1 Å². The third-order valence-corrected chi connectivity index (χ3v) is 2.79. The van der Waals surface area contributed by atoms with E-state index in [0.29, 0.717) is 12.1 Å². The molecule has 18 heavy (non-hydrogen) atoms. The Morgan fingerprint density at radius 2 is 2.06 bits per heavy atom. The van der Waals surface area contributed by atoms with Crippen LogP contribution in [0.15, 0.2) is 42.6 Å². The maximum absolute atomic E-state index is 13.8. The van der Waals surface area contributed by atoms with E-state index in [-0.39, 0.29) is 5.92 Å². The van der Waals surface area contributed by atoms with Crippen LogP contribution in [-0.2, 0) is 0 Å². The van der Waals surface area contributed by atoms with Gasteiger partial charge in [-0.1, -0.05) is 6.07 Å². The summed E-state index contributed by atoms with van der Waals surface area (Å²) in [5.41, 5.74) is 1.04. The van der Waals surface area contributed by atoms with Gasteiger partial charge in [-0.25, -0.2) is 8.78 Å². The Bertz CT molecular complexity index is 514. The van der Waals surface area contributed by atoms with E-state index in [0.717, 1.165) is 17.8 Å². The van der Waals surface area contributed by atoms with Crippen molar-refractivity contribution in [3.63, 3.8) is 0 Å². The van der Waals surface area contributed by atoms with Crippen LogP contribution in [-0.4, -0.2) is 18.6 Å². The van der Waals surface area contributed by atoms with Crippen molar-refractivity contribution in [1.29, 1.82) is 0 Å². The van der Waals surface area contributed by atoms with Crippen molar-refractivity contribution in [2.24, 2.45) is 0 Å². The first kappa shape index (κ1) is 12.6. The molecule has 0 bridgehead atoms. The van der Waals surface area contributed by atoms with Gasteiger partial charge in [-0.3, -0.25) is 4.98 Å². The number of benzene rings is 1. The molecule has 0 amide bonds. The molecule has 94 valence electrons. The fraction of sp³-hybridized carbons (Fsp3) is 0.214. The molecule has 1 unspecified atom stereocenters. The van der Waals surface area contributed by atoms with E-state index in [1.165, 1.54) is 6.07 Å². The highest BCUT2D eigenvalue weighted by Crippen LogP contribution is 2.25. The number of hydrogen-bond acceptors (Lipinski definition) is 2. The van der Waals surface area contributed by atoms with Crippen molar-refractivity contribution < 1.29 is 8.78 Å². The van der Waals surface area contributed by atoms with E-state index < -0.39 is 11.6 Å². The van der Waals surface area contributed by atoms with Crippen LogP contribution in [0.2, 0.25) is 0 Å². The van der Waals surface area contributed by atoms with Crippen LogP contribution in [0.4, 0.5) is 8.78 Å². The highest BCUT2D eigenvalue weighted by atomic mass is 19.1. The van der Waals surface area contributed by atoms with Crippen LogP contribution in [0.1, 0.15) is 17.2 Å². The van der Waals surface area contributed by atoms with Crippen LogP contribution in [0.5, 0.6) is 0 Å². The van der Waals surface area contributed by atoms with Crippen LogP contribution < -0.4 is 5.32 Å². The number of halogens is 2. The molecule has 2 nitrogen and oxygen atoms in total. The number of nitrogens with zero attached hydrogens (tertiary/aromatic N) is 1. The van der Waals surface area contributed by atoms with Crippen molar-refractivity contribution in [3.8, 4) is 0 Å². The van der Waals surface area contributed by atoms with Gasteiger partial charge in [-0.05, 0) is 37.4 Å². The predicted octanol–water partition coefficient (Wildman–Crippen LogP) is 2.71. The lowest BCUT2D eigenvalue weighted by molar-refractivity contribution is 0.564. The zero-order chi connectivity index (χ0) is 13.0. The van der Waals surface area contributed by atoms with Gasteiger partial charge < -0.3 is 5.32 Å². The summed E-state index contributed by atoms with van der Waals surface area (Å²) in [6, 6.07) is 8.94. The molecule has 0 aliphatic rings. The topological polar surface area (TPSA) is 24.9 Å². The first-order valence-electron chi connectivity index (χ1n) is 5.73. The third-order valence-electron chi connectivity index (χ3n) is 2.79. The maximum atomic E-state index is 13.8. The number of nitrogens with one attached hydrogen (secondary N) is 1. The van der Waals surface area contributed by atoms with Gasteiger partial charge in [0.25, 0.3) is 0 Å². The minimum atomic E-state index is -0.441. The molecule has 0 fully saturated rings. The van der Waals surface area contributed by atoms with Gasteiger partial charge in [-0.15, -0.1) is 0 Å². The summed E-state index contributed by atoms with van der Waals surface area (Å²) in [5, 5.41) is 2.98. The lowest BCUT2D eigenvalue weighted by Crippen LogP contribution is -2.20.